The van der Waals surface area contributed by atoms with Crippen LogP contribution in [0.1, 0.15) is 21.7 Å². The van der Waals surface area contributed by atoms with Gasteiger partial charge in [-0.05, 0) is 19.4 Å². The molecule has 0 bridgehead atoms. The Kier molecular flexibility index (Phi) is 5.36. The lowest BCUT2D eigenvalue weighted by atomic mass is 10.1. The predicted molar refractivity (Wildman–Crippen MR) is 82.8 cm³/mol. The number of hydrogen-bond donors (Lipinski definition) is 2. The van der Waals surface area contributed by atoms with Gasteiger partial charge in [0.05, 0.1) is 6.61 Å². The molecule has 0 aliphatic carbocycles. The second-order valence-corrected chi connectivity index (χ2v) is 5.01. The Morgan fingerprint density at radius 2 is 2.05 bits per heavy atom. The van der Waals surface area contributed by atoms with Crippen molar-refractivity contribution in [1.82, 2.24) is 10.6 Å². The molecule has 1 aromatic heterocycles. The maximum Gasteiger partial charge on any atom is 0.287 e. The van der Waals surface area contributed by atoms with Crippen LogP contribution in [0.15, 0.2) is 22.6 Å². The molecule has 0 radical (unpaired) electrons. The van der Waals surface area contributed by atoms with E-state index in [1.165, 1.54) is 0 Å². The highest BCUT2D eigenvalue weighted by atomic mass is 16.5. The average Bonchev–Trinajstić information content (AvgIpc) is 2.82. The molecule has 21 heavy (non-hydrogen) atoms. The number of amides is 1. The van der Waals surface area contributed by atoms with E-state index in [0.717, 1.165) is 28.6 Å². The summed E-state index contributed by atoms with van der Waals surface area (Å²) in [7, 11) is 1.66. The third kappa shape index (κ3) is 3.62. The van der Waals surface area contributed by atoms with Gasteiger partial charge >= 0.3 is 0 Å². The van der Waals surface area contributed by atoms with Gasteiger partial charge < -0.3 is 19.8 Å². The molecule has 5 nitrogen and oxygen atoms in total. The van der Waals surface area contributed by atoms with Crippen molar-refractivity contribution in [2.45, 2.75) is 13.8 Å². The highest BCUT2D eigenvalue weighted by Crippen LogP contribution is 2.27. The van der Waals surface area contributed by atoms with Gasteiger partial charge in [-0.2, -0.15) is 0 Å². The lowest BCUT2D eigenvalue weighted by molar-refractivity contribution is 0.0927. The molecule has 2 rings (SSSR count). The van der Waals surface area contributed by atoms with Crippen LogP contribution in [-0.2, 0) is 4.74 Å². The molecule has 0 saturated carbocycles. The van der Waals surface area contributed by atoms with Crippen LogP contribution in [0.2, 0.25) is 0 Å². The summed E-state index contributed by atoms with van der Waals surface area (Å²) in [4.78, 5) is 12.2. The van der Waals surface area contributed by atoms with Crippen LogP contribution in [0.3, 0.4) is 0 Å². The molecule has 1 heterocycles. The Morgan fingerprint density at radius 1 is 1.24 bits per heavy atom. The molecule has 1 amide bonds. The van der Waals surface area contributed by atoms with Crippen molar-refractivity contribution in [3.63, 3.8) is 0 Å². The quantitative estimate of drug-likeness (QED) is 0.766. The Balaban J connectivity index is 1.97. The van der Waals surface area contributed by atoms with E-state index in [1.807, 2.05) is 32.0 Å². The molecule has 0 unspecified atom stereocenters. The number of benzene rings is 1. The zero-order valence-corrected chi connectivity index (χ0v) is 12.8. The van der Waals surface area contributed by atoms with Crippen molar-refractivity contribution < 1.29 is 13.9 Å². The van der Waals surface area contributed by atoms with Crippen molar-refractivity contribution in [3.05, 3.63) is 35.1 Å². The van der Waals surface area contributed by atoms with Gasteiger partial charge in [-0.15, -0.1) is 0 Å². The Hall–Kier alpha value is -1.85. The highest BCUT2D eigenvalue weighted by Gasteiger charge is 2.17. The fraction of sp³-hybridized carbons (Fsp3) is 0.438. The number of para-hydroxylation sites is 1. The normalized spacial score (nSPS) is 11.0. The van der Waals surface area contributed by atoms with Crippen molar-refractivity contribution in [3.8, 4) is 0 Å². The summed E-state index contributed by atoms with van der Waals surface area (Å²) in [5.74, 6) is 0.229. The maximum atomic E-state index is 12.2. The summed E-state index contributed by atoms with van der Waals surface area (Å²) >= 11 is 0. The third-order valence-electron chi connectivity index (χ3n) is 3.44. The number of furan rings is 1. The number of nitrogens with one attached hydrogen (secondary N) is 2. The number of methoxy groups -OCH3 is 1. The lowest BCUT2D eigenvalue weighted by Crippen LogP contribution is -2.33. The zero-order valence-electron chi connectivity index (χ0n) is 12.8. The molecule has 0 aliphatic heterocycles. The van der Waals surface area contributed by atoms with Gasteiger partial charge in [0, 0.05) is 37.7 Å². The summed E-state index contributed by atoms with van der Waals surface area (Å²) < 4.78 is 10.7. The second kappa shape index (κ2) is 7.24. The van der Waals surface area contributed by atoms with Crippen LogP contribution in [0.25, 0.3) is 11.0 Å². The Labute approximate surface area is 124 Å². The fourth-order valence-electron chi connectivity index (χ4n) is 2.24. The largest absolute Gasteiger partial charge is 0.450 e. The topological polar surface area (TPSA) is 63.5 Å². The molecule has 0 fully saturated rings. The van der Waals surface area contributed by atoms with Crippen molar-refractivity contribution in [2.75, 3.05) is 33.4 Å². The Morgan fingerprint density at radius 3 is 2.76 bits per heavy atom. The SMILES string of the molecule is COCCNCCNC(=O)c1oc2c(C)cccc2c1C. The van der Waals surface area contributed by atoms with Crippen molar-refractivity contribution >= 4 is 16.9 Å². The van der Waals surface area contributed by atoms with Crippen LogP contribution < -0.4 is 10.6 Å². The molecule has 0 saturated heterocycles. The molecule has 0 aliphatic rings. The van der Waals surface area contributed by atoms with E-state index < -0.39 is 0 Å². The maximum absolute atomic E-state index is 12.2. The van der Waals surface area contributed by atoms with Crippen LogP contribution in [-0.4, -0.2) is 39.3 Å². The minimum absolute atomic E-state index is 0.170. The van der Waals surface area contributed by atoms with Gasteiger partial charge in [-0.3, -0.25) is 4.79 Å². The first-order chi connectivity index (χ1) is 10.1. The summed E-state index contributed by atoms with van der Waals surface area (Å²) in [6, 6.07) is 5.93. The van der Waals surface area contributed by atoms with E-state index >= 15 is 0 Å². The van der Waals surface area contributed by atoms with Gasteiger partial charge in [0.15, 0.2) is 5.76 Å². The van der Waals surface area contributed by atoms with E-state index in [9.17, 15) is 4.79 Å². The average molecular weight is 290 g/mol. The fourth-order valence-corrected chi connectivity index (χ4v) is 2.24. The third-order valence-corrected chi connectivity index (χ3v) is 3.44. The number of ether oxygens (including phenoxy) is 1. The van der Waals surface area contributed by atoms with E-state index in [2.05, 4.69) is 10.6 Å². The van der Waals surface area contributed by atoms with E-state index in [0.29, 0.717) is 25.5 Å². The van der Waals surface area contributed by atoms with Gasteiger partial charge in [0.25, 0.3) is 5.91 Å². The van der Waals surface area contributed by atoms with E-state index in [1.54, 1.807) is 7.11 Å². The summed E-state index contributed by atoms with van der Waals surface area (Å²) in [6.45, 7) is 6.58. The van der Waals surface area contributed by atoms with Crippen LogP contribution in [0.4, 0.5) is 0 Å². The van der Waals surface area contributed by atoms with E-state index in [4.69, 9.17) is 9.15 Å². The Bertz CT molecular complexity index is 619. The van der Waals surface area contributed by atoms with Crippen LogP contribution >= 0.6 is 0 Å². The standard InChI is InChI=1S/C16H22N2O3/c1-11-5-4-6-13-12(2)15(21-14(11)13)16(19)18-8-7-17-9-10-20-3/h4-6,17H,7-10H2,1-3H3,(H,18,19). The smallest absolute Gasteiger partial charge is 0.287 e. The minimum Gasteiger partial charge on any atom is -0.450 e. The molecule has 2 aromatic rings. The van der Waals surface area contributed by atoms with Crippen molar-refractivity contribution in [1.29, 1.82) is 0 Å². The number of hydrogen-bond acceptors (Lipinski definition) is 4. The minimum atomic E-state index is -0.170. The van der Waals surface area contributed by atoms with Gasteiger partial charge in [-0.25, -0.2) is 0 Å². The molecule has 5 heteroatoms. The van der Waals surface area contributed by atoms with Gasteiger partial charge in [-0.1, -0.05) is 18.2 Å². The first kappa shape index (κ1) is 15.5. The molecule has 0 spiro atoms. The molecular formula is C16H22N2O3. The molecule has 0 atom stereocenters. The molecule has 2 N–H and O–H groups in total. The second-order valence-electron chi connectivity index (χ2n) is 5.01. The first-order valence-electron chi connectivity index (χ1n) is 7.11. The number of fused-ring (bicyclic) bond motifs is 1. The molecular weight excluding hydrogens is 268 g/mol. The molecule has 1 aromatic carbocycles. The summed E-state index contributed by atoms with van der Waals surface area (Å²) in [5, 5.41) is 7.03. The number of carbonyl (C=O) groups is 1. The predicted octanol–water partition coefficient (Wildman–Crippen LogP) is 2.02. The number of carbonyl (C=O) groups excluding carboxylic acids is 1. The van der Waals surface area contributed by atoms with E-state index in [-0.39, 0.29) is 5.91 Å². The van der Waals surface area contributed by atoms with Gasteiger partial charge in [0.1, 0.15) is 5.58 Å². The summed E-state index contributed by atoms with van der Waals surface area (Å²) in [6.07, 6.45) is 0. The molecule has 114 valence electrons. The van der Waals surface area contributed by atoms with Gasteiger partial charge in [0.2, 0.25) is 0 Å². The number of aryl methyl sites for hydroxylation is 2. The number of rotatable bonds is 7. The van der Waals surface area contributed by atoms with Crippen molar-refractivity contribution in [2.24, 2.45) is 0 Å². The zero-order chi connectivity index (χ0) is 15.2. The van der Waals surface area contributed by atoms with Crippen LogP contribution in [0, 0.1) is 13.8 Å². The summed E-state index contributed by atoms with van der Waals surface area (Å²) in [5.41, 5.74) is 2.72. The van der Waals surface area contributed by atoms with Crippen LogP contribution in [0.5, 0.6) is 0 Å². The highest BCUT2D eigenvalue weighted by molar-refractivity contribution is 5.99. The lowest BCUT2D eigenvalue weighted by Gasteiger charge is -2.05. The monoisotopic (exact) mass is 290 g/mol. The first-order valence-corrected chi connectivity index (χ1v) is 7.11.